The van der Waals surface area contributed by atoms with Crippen molar-refractivity contribution in [3.8, 4) is 0 Å². The highest BCUT2D eigenvalue weighted by Gasteiger charge is 2.46. The number of hydrogen-bond acceptors (Lipinski definition) is 5. The molecule has 0 radical (unpaired) electrons. The lowest BCUT2D eigenvalue weighted by atomic mass is 9.79. The number of ether oxygens (including phenoxy) is 1. The maximum atomic E-state index is 11.8. The quantitative estimate of drug-likeness (QED) is 0.830. The van der Waals surface area contributed by atoms with Crippen molar-refractivity contribution in [3.63, 3.8) is 0 Å². The Morgan fingerprint density at radius 3 is 2.54 bits per heavy atom. The van der Waals surface area contributed by atoms with Crippen LogP contribution >= 0.6 is 0 Å². The van der Waals surface area contributed by atoms with E-state index in [4.69, 9.17) is 9.15 Å². The number of rotatable bonds is 6. The molecule has 2 saturated heterocycles. The smallest absolute Gasteiger partial charge is 0.118 e. The van der Waals surface area contributed by atoms with Crippen LogP contribution in [0.2, 0.25) is 0 Å². The average molecular weight is 385 g/mol. The number of nitrogens with zero attached hydrogens (tertiary/aromatic N) is 2. The van der Waals surface area contributed by atoms with Crippen molar-refractivity contribution in [1.82, 2.24) is 9.80 Å². The SMILES string of the molecule is CCCc1ccc(CN2CC[C@](O)(c3ccccc3)[C@H](N3CCOCC3)C2)o1. The molecule has 1 N–H and O–H groups in total. The van der Waals surface area contributed by atoms with E-state index in [0.29, 0.717) is 0 Å². The molecule has 5 nitrogen and oxygen atoms in total. The van der Waals surface area contributed by atoms with Crippen LogP contribution in [0.4, 0.5) is 0 Å². The van der Waals surface area contributed by atoms with Gasteiger partial charge in [-0.1, -0.05) is 37.3 Å². The molecule has 2 atom stereocenters. The third-order valence-electron chi connectivity index (χ3n) is 6.14. The molecule has 4 rings (SSSR count). The van der Waals surface area contributed by atoms with Crippen LogP contribution in [-0.4, -0.2) is 60.3 Å². The standard InChI is InChI=1S/C23H32N2O3/c1-2-6-20-9-10-21(28-20)17-24-12-11-23(26,19-7-4-3-5-8-19)22(18-24)25-13-15-27-16-14-25/h3-5,7-10,22,26H,2,6,11-18H2,1H3/t22-,23+/m1/s1. The van der Waals surface area contributed by atoms with Crippen LogP contribution in [-0.2, 0) is 23.3 Å². The minimum absolute atomic E-state index is 0.0534. The van der Waals surface area contributed by atoms with Crippen molar-refractivity contribution >= 4 is 0 Å². The highest BCUT2D eigenvalue weighted by molar-refractivity contribution is 5.26. The van der Waals surface area contributed by atoms with E-state index < -0.39 is 5.60 Å². The van der Waals surface area contributed by atoms with Gasteiger partial charge in [0.05, 0.1) is 25.8 Å². The molecule has 1 aromatic carbocycles. The van der Waals surface area contributed by atoms with Gasteiger partial charge in [-0.25, -0.2) is 0 Å². The Labute approximate surface area is 167 Å². The largest absolute Gasteiger partial charge is 0.465 e. The molecule has 0 bridgehead atoms. The zero-order valence-electron chi connectivity index (χ0n) is 16.8. The fourth-order valence-corrected chi connectivity index (χ4v) is 4.60. The summed E-state index contributed by atoms with van der Waals surface area (Å²) in [5.41, 5.74) is 0.195. The number of benzene rings is 1. The number of piperidine rings is 1. The molecule has 3 heterocycles. The van der Waals surface area contributed by atoms with Gasteiger partial charge in [-0.2, -0.15) is 0 Å². The minimum atomic E-state index is -0.828. The summed E-state index contributed by atoms with van der Waals surface area (Å²) >= 11 is 0. The summed E-state index contributed by atoms with van der Waals surface area (Å²) in [6.45, 7) is 7.87. The third kappa shape index (κ3) is 4.18. The summed E-state index contributed by atoms with van der Waals surface area (Å²) in [5.74, 6) is 2.09. The van der Waals surface area contributed by atoms with Crippen LogP contribution < -0.4 is 0 Å². The molecule has 2 aliphatic heterocycles. The van der Waals surface area contributed by atoms with Gasteiger partial charge < -0.3 is 14.3 Å². The highest BCUT2D eigenvalue weighted by Crippen LogP contribution is 2.36. The Morgan fingerprint density at radius 2 is 1.79 bits per heavy atom. The number of furan rings is 1. The van der Waals surface area contributed by atoms with Gasteiger partial charge in [0, 0.05) is 32.6 Å². The molecule has 2 aliphatic rings. The van der Waals surface area contributed by atoms with E-state index in [9.17, 15) is 5.11 Å². The summed E-state index contributed by atoms with van der Waals surface area (Å²) < 4.78 is 11.6. The topological polar surface area (TPSA) is 49.1 Å². The average Bonchev–Trinajstić information content (AvgIpc) is 3.18. The molecule has 0 aliphatic carbocycles. The van der Waals surface area contributed by atoms with E-state index in [2.05, 4.69) is 41.0 Å². The second kappa shape index (κ2) is 8.78. The normalized spacial score (nSPS) is 27.1. The molecule has 0 unspecified atom stereocenters. The summed E-state index contributed by atoms with van der Waals surface area (Å²) in [6, 6.07) is 14.4. The Hall–Kier alpha value is -1.66. The number of likely N-dealkylation sites (tertiary alicyclic amines) is 1. The maximum absolute atomic E-state index is 11.8. The van der Waals surface area contributed by atoms with Gasteiger partial charge in [0.1, 0.15) is 17.1 Å². The lowest BCUT2D eigenvalue weighted by Crippen LogP contribution is -2.62. The first-order chi connectivity index (χ1) is 13.7. The van der Waals surface area contributed by atoms with Gasteiger partial charge in [-0.15, -0.1) is 0 Å². The highest BCUT2D eigenvalue weighted by atomic mass is 16.5. The van der Waals surface area contributed by atoms with Crippen molar-refractivity contribution < 1.29 is 14.3 Å². The van der Waals surface area contributed by atoms with Gasteiger partial charge >= 0.3 is 0 Å². The number of aryl methyl sites for hydroxylation is 1. The van der Waals surface area contributed by atoms with Crippen LogP contribution in [0.3, 0.4) is 0 Å². The van der Waals surface area contributed by atoms with Crippen molar-refractivity contribution in [3.05, 3.63) is 59.5 Å². The molecular formula is C23H32N2O3. The van der Waals surface area contributed by atoms with E-state index in [1.807, 2.05) is 18.2 Å². The fraction of sp³-hybridized carbons (Fsp3) is 0.565. The van der Waals surface area contributed by atoms with E-state index in [0.717, 1.165) is 82.3 Å². The molecule has 0 amide bonds. The molecule has 2 fully saturated rings. The Kier molecular flexibility index (Phi) is 6.16. The second-order valence-corrected chi connectivity index (χ2v) is 8.06. The zero-order chi connectivity index (χ0) is 19.4. The first-order valence-corrected chi connectivity index (χ1v) is 10.6. The Balaban J connectivity index is 1.52. The first-order valence-electron chi connectivity index (χ1n) is 10.6. The van der Waals surface area contributed by atoms with Crippen LogP contribution in [0, 0.1) is 0 Å². The molecule has 2 aromatic rings. The Morgan fingerprint density at radius 1 is 1.04 bits per heavy atom. The van der Waals surface area contributed by atoms with E-state index in [1.165, 1.54) is 0 Å². The van der Waals surface area contributed by atoms with Gasteiger partial charge in [-0.3, -0.25) is 9.80 Å². The predicted molar refractivity (Wildman–Crippen MR) is 109 cm³/mol. The summed E-state index contributed by atoms with van der Waals surface area (Å²) in [7, 11) is 0. The van der Waals surface area contributed by atoms with Crippen LogP contribution in [0.5, 0.6) is 0 Å². The van der Waals surface area contributed by atoms with E-state index >= 15 is 0 Å². The van der Waals surface area contributed by atoms with Gasteiger partial charge in [0.2, 0.25) is 0 Å². The number of hydrogen-bond donors (Lipinski definition) is 1. The molecule has 28 heavy (non-hydrogen) atoms. The van der Waals surface area contributed by atoms with Crippen LogP contribution in [0.25, 0.3) is 0 Å². The third-order valence-corrected chi connectivity index (χ3v) is 6.14. The summed E-state index contributed by atoms with van der Waals surface area (Å²) in [6.07, 6.45) is 2.81. The summed E-state index contributed by atoms with van der Waals surface area (Å²) in [5, 5.41) is 11.8. The second-order valence-electron chi connectivity index (χ2n) is 8.06. The van der Waals surface area contributed by atoms with Crippen LogP contribution in [0.1, 0.15) is 36.8 Å². The molecule has 0 saturated carbocycles. The molecule has 5 heteroatoms. The zero-order valence-corrected chi connectivity index (χ0v) is 16.8. The monoisotopic (exact) mass is 384 g/mol. The van der Waals surface area contributed by atoms with Crippen molar-refractivity contribution in [1.29, 1.82) is 0 Å². The fourth-order valence-electron chi connectivity index (χ4n) is 4.60. The van der Waals surface area contributed by atoms with E-state index in [-0.39, 0.29) is 6.04 Å². The minimum Gasteiger partial charge on any atom is -0.465 e. The summed E-state index contributed by atoms with van der Waals surface area (Å²) in [4.78, 5) is 4.83. The van der Waals surface area contributed by atoms with Gasteiger partial charge in [-0.05, 0) is 30.5 Å². The molecule has 1 aromatic heterocycles. The predicted octanol–water partition coefficient (Wildman–Crippen LogP) is 3.03. The molecule has 152 valence electrons. The first kappa shape index (κ1) is 19.6. The molecule has 0 spiro atoms. The molecular weight excluding hydrogens is 352 g/mol. The van der Waals surface area contributed by atoms with E-state index in [1.54, 1.807) is 0 Å². The van der Waals surface area contributed by atoms with Crippen molar-refractivity contribution in [2.24, 2.45) is 0 Å². The van der Waals surface area contributed by atoms with Gasteiger partial charge in [0.25, 0.3) is 0 Å². The lowest BCUT2D eigenvalue weighted by molar-refractivity contribution is -0.120. The van der Waals surface area contributed by atoms with Crippen molar-refractivity contribution in [2.45, 2.75) is 44.4 Å². The number of morpholine rings is 1. The lowest BCUT2D eigenvalue weighted by Gasteiger charge is -2.50. The number of aliphatic hydroxyl groups is 1. The van der Waals surface area contributed by atoms with Gasteiger partial charge in [0.15, 0.2) is 0 Å². The van der Waals surface area contributed by atoms with Crippen molar-refractivity contribution in [2.75, 3.05) is 39.4 Å². The Bertz CT molecular complexity index is 741. The maximum Gasteiger partial charge on any atom is 0.118 e. The van der Waals surface area contributed by atoms with Crippen LogP contribution in [0.15, 0.2) is 46.9 Å².